The zero-order chi connectivity index (χ0) is 14.8. The van der Waals surface area contributed by atoms with Crippen molar-refractivity contribution in [3.05, 3.63) is 45.6 Å². The Balaban J connectivity index is 2.16. The Morgan fingerprint density at radius 1 is 1.25 bits per heavy atom. The number of hydrogen-bond donors (Lipinski definition) is 1. The van der Waals surface area contributed by atoms with Gasteiger partial charge in [-0.2, -0.15) is 0 Å². The molecule has 7 heteroatoms. The summed E-state index contributed by atoms with van der Waals surface area (Å²) in [6.45, 7) is 0. The van der Waals surface area contributed by atoms with Crippen LogP contribution in [0.5, 0.6) is 0 Å². The summed E-state index contributed by atoms with van der Waals surface area (Å²) in [5.74, 6) is -0.278. The highest BCUT2D eigenvalue weighted by Gasteiger charge is 2.15. The maximum Gasteiger partial charge on any atom is 0.229 e. The van der Waals surface area contributed by atoms with Crippen LogP contribution >= 0.6 is 22.9 Å². The van der Waals surface area contributed by atoms with E-state index in [0.717, 1.165) is 11.1 Å². The van der Waals surface area contributed by atoms with Gasteiger partial charge in [0, 0.05) is 11.1 Å². The number of sulfone groups is 1. The first kappa shape index (κ1) is 15.0. The monoisotopic (exact) mass is 329 g/mol. The molecule has 2 aromatic rings. The lowest BCUT2D eigenvalue weighted by molar-refractivity contribution is -0.115. The lowest BCUT2D eigenvalue weighted by atomic mass is 10.3. The molecule has 1 N–H and O–H groups in total. The maximum atomic E-state index is 11.9. The fourth-order valence-electron chi connectivity index (χ4n) is 1.69. The van der Waals surface area contributed by atoms with E-state index in [9.17, 15) is 13.2 Å². The lowest BCUT2D eigenvalue weighted by Gasteiger charge is -2.09. The number of benzene rings is 1. The minimum Gasteiger partial charge on any atom is -0.325 e. The Morgan fingerprint density at radius 2 is 1.95 bits per heavy atom. The third-order valence-corrected chi connectivity index (χ3v) is 4.91. The van der Waals surface area contributed by atoms with E-state index < -0.39 is 9.84 Å². The molecular weight excluding hydrogens is 318 g/mol. The smallest absolute Gasteiger partial charge is 0.229 e. The standard InChI is InChI=1S/C13H12ClNO3S2/c1-20(17,18)11-5-3-2-4-10(11)15-13(16)8-9-6-7-12(14)19-9/h2-7H,8H2,1H3,(H,15,16). The summed E-state index contributed by atoms with van der Waals surface area (Å²) in [5, 5.41) is 2.62. The Labute approximate surface area is 126 Å². The lowest BCUT2D eigenvalue weighted by Crippen LogP contribution is -2.16. The van der Waals surface area contributed by atoms with E-state index >= 15 is 0 Å². The van der Waals surface area contributed by atoms with Crippen LogP contribution in [0.25, 0.3) is 0 Å². The minimum absolute atomic E-state index is 0.109. The van der Waals surface area contributed by atoms with E-state index in [-0.39, 0.29) is 17.2 Å². The SMILES string of the molecule is CS(=O)(=O)c1ccccc1NC(=O)Cc1ccc(Cl)s1. The maximum absolute atomic E-state index is 11.9. The summed E-state index contributed by atoms with van der Waals surface area (Å²) in [5.41, 5.74) is 0.294. The van der Waals surface area contributed by atoms with E-state index in [0.29, 0.717) is 10.0 Å². The van der Waals surface area contributed by atoms with Crippen LogP contribution < -0.4 is 5.32 Å². The molecule has 0 radical (unpaired) electrons. The third kappa shape index (κ3) is 3.82. The van der Waals surface area contributed by atoms with E-state index in [1.54, 1.807) is 30.3 Å². The van der Waals surface area contributed by atoms with E-state index in [4.69, 9.17) is 11.6 Å². The van der Waals surface area contributed by atoms with Gasteiger partial charge in [0.05, 0.1) is 21.3 Å². The zero-order valence-electron chi connectivity index (χ0n) is 10.6. The molecule has 106 valence electrons. The molecule has 4 nitrogen and oxygen atoms in total. The molecule has 0 spiro atoms. The summed E-state index contributed by atoms with van der Waals surface area (Å²) in [4.78, 5) is 12.9. The Bertz CT molecular complexity index is 738. The topological polar surface area (TPSA) is 63.2 Å². The molecular formula is C13H12ClNO3S2. The molecule has 1 heterocycles. The fraction of sp³-hybridized carbons (Fsp3) is 0.154. The van der Waals surface area contributed by atoms with Crippen molar-refractivity contribution in [2.24, 2.45) is 0 Å². The third-order valence-electron chi connectivity index (χ3n) is 2.52. The number of carbonyl (C=O) groups is 1. The van der Waals surface area contributed by atoms with Crippen molar-refractivity contribution in [2.75, 3.05) is 11.6 Å². The molecule has 0 fully saturated rings. The quantitative estimate of drug-likeness (QED) is 0.938. The van der Waals surface area contributed by atoms with Crippen LogP contribution in [0.4, 0.5) is 5.69 Å². The van der Waals surface area contributed by atoms with Crippen molar-refractivity contribution < 1.29 is 13.2 Å². The number of nitrogens with one attached hydrogen (secondary N) is 1. The predicted octanol–water partition coefficient (Wildman–Crippen LogP) is 2.99. The Kier molecular flexibility index (Phi) is 4.47. The van der Waals surface area contributed by atoms with Gasteiger partial charge in [-0.3, -0.25) is 4.79 Å². The number of halogens is 1. The van der Waals surface area contributed by atoms with Gasteiger partial charge in [-0.25, -0.2) is 8.42 Å². The highest BCUT2D eigenvalue weighted by Crippen LogP contribution is 2.23. The van der Waals surface area contributed by atoms with Gasteiger partial charge in [-0.05, 0) is 24.3 Å². The summed E-state index contributed by atoms with van der Waals surface area (Å²) in [7, 11) is -3.38. The van der Waals surface area contributed by atoms with Crippen molar-refractivity contribution in [3.8, 4) is 0 Å². The van der Waals surface area contributed by atoms with E-state index in [1.165, 1.54) is 17.4 Å². The average molecular weight is 330 g/mol. The molecule has 0 saturated carbocycles. The van der Waals surface area contributed by atoms with Gasteiger partial charge in [0.1, 0.15) is 0 Å². The Hall–Kier alpha value is -1.37. The van der Waals surface area contributed by atoms with Crippen molar-refractivity contribution in [1.29, 1.82) is 0 Å². The number of hydrogen-bond acceptors (Lipinski definition) is 4. The molecule has 0 unspecified atom stereocenters. The molecule has 1 amide bonds. The van der Waals surface area contributed by atoms with Gasteiger partial charge in [0.25, 0.3) is 0 Å². The average Bonchev–Trinajstić information content (AvgIpc) is 2.73. The molecule has 20 heavy (non-hydrogen) atoms. The molecule has 0 bridgehead atoms. The summed E-state index contributed by atoms with van der Waals surface area (Å²) in [6.07, 6.45) is 1.27. The number of anilines is 1. The molecule has 1 aromatic heterocycles. The molecule has 0 saturated heterocycles. The van der Waals surface area contributed by atoms with Crippen LogP contribution in [-0.4, -0.2) is 20.6 Å². The minimum atomic E-state index is -3.38. The first-order chi connectivity index (χ1) is 9.36. The molecule has 0 aliphatic carbocycles. The van der Waals surface area contributed by atoms with Crippen LogP contribution in [0.2, 0.25) is 4.34 Å². The second kappa shape index (κ2) is 5.95. The summed E-state index contributed by atoms with van der Waals surface area (Å²) >= 11 is 7.12. The van der Waals surface area contributed by atoms with Crippen molar-refractivity contribution in [2.45, 2.75) is 11.3 Å². The molecule has 0 aliphatic heterocycles. The highest BCUT2D eigenvalue weighted by atomic mass is 35.5. The number of amides is 1. The van der Waals surface area contributed by atoms with Crippen molar-refractivity contribution >= 4 is 44.4 Å². The second-order valence-electron chi connectivity index (χ2n) is 4.20. The van der Waals surface area contributed by atoms with Gasteiger partial charge < -0.3 is 5.32 Å². The van der Waals surface area contributed by atoms with Gasteiger partial charge >= 0.3 is 0 Å². The van der Waals surface area contributed by atoms with Gasteiger partial charge in [-0.15, -0.1) is 11.3 Å². The van der Waals surface area contributed by atoms with Gasteiger partial charge in [-0.1, -0.05) is 23.7 Å². The number of para-hydroxylation sites is 1. The van der Waals surface area contributed by atoms with Gasteiger partial charge in [0.15, 0.2) is 9.84 Å². The second-order valence-corrected chi connectivity index (χ2v) is 7.98. The first-order valence-corrected chi connectivity index (χ1v) is 8.78. The molecule has 0 aliphatic rings. The Morgan fingerprint density at radius 3 is 2.55 bits per heavy atom. The molecule has 1 aromatic carbocycles. The number of thiophene rings is 1. The number of rotatable bonds is 4. The molecule has 2 rings (SSSR count). The van der Waals surface area contributed by atoms with Crippen molar-refractivity contribution in [1.82, 2.24) is 0 Å². The number of carbonyl (C=O) groups excluding carboxylic acids is 1. The van der Waals surface area contributed by atoms with Crippen LogP contribution in [-0.2, 0) is 21.1 Å². The van der Waals surface area contributed by atoms with Crippen LogP contribution in [0.1, 0.15) is 4.88 Å². The van der Waals surface area contributed by atoms with Crippen molar-refractivity contribution in [3.63, 3.8) is 0 Å². The zero-order valence-corrected chi connectivity index (χ0v) is 13.0. The van der Waals surface area contributed by atoms with E-state index in [1.807, 2.05) is 0 Å². The van der Waals surface area contributed by atoms with Crippen LogP contribution in [0.3, 0.4) is 0 Å². The summed E-state index contributed by atoms with van der Waals surface area (Å²) < 4.78 is 23.9. The summed E-state index contributed by atoms with van der Waals surface area (Å²) in [6, 6.07) is 9.81. The molecule has 0 atom stereocenters. The largest absolute Gasteiger partial charge is 0.325 e. The normalized spacial score (nSPS) is 11.3. The van der Waals surface area contributed by atoms with E-state index in [2.05, 4.69) is 5.32 Å². The van der Waals surface area contributed by atoms with Gasteiger partial charge in [0.2, 0.25) is 5.91 Å². The first-order valence-electron chi connectivity index (χ1n) is 5.69. The predicted molar refractivity (Wildman–Crippen MR) is 81.2 cm³/mol. The van der Waals surface area contributed by atoms with Crippen LogP contribution in [0.15, 0.2) is 41.3 Å². The fourth-order valence-corrected chi connectivity index (χ4v) is 3.62. The van der Waals surface area contributed by atoms with Crippen LogP contribution in [0, 0.1) is 0 Å². The highest BCUT2D eigenvalue weighted by molar-refractivity contribution is 7.90.